The predicted molar refractivity (Wildman–Crippen MR) is 113 cm³/mol. The molecule has 9 nitrogen and oxygen atoms in total. The van der Waals surface area contributed by atoms with Crippen molar-refractivity contribution in [2.75, 3.05) is 6.61 Å². The average molecular weight is 436 g/mol. The van der Waals surface area contributed by atoms with Gasteiger partial charge in [-0.1, -0.05) is 37.5 Å². The first-order chi connectivity index (χ1) is 15.5. The van der Waals surface area contributed by atoms with Crippen LogP contribution in [-0.4, -0.2) is 46.0 Å². The first kappa shape index (κ1) is 20.4. The van der Waals surface area contributed by atoms with Gasteiger partial charge in [-0.05, 0) is 43.7 Å². The largest absolute Gasteiger partial charge is 0.452 e. The maximum absolute atomic E-state index is 12.9. The number of hydrogen-bond donors (Lipinski definition) is 2. The Morgan fingerprint density at radius 3 is 2.69 bits per heavy atom. The van der Waals surface area contributed by atoms with Crippen LogP contribution in [0.3, 0.4) is 0 Å². The number of carbonyl (C=O) groups is 4. The SMILES string of the molecule is O=C(COC(=O)c1c2c(nc3ccccc13)CCC2)NN1C(=O)NC2(CCCCC2)C1=O. The standard InChI is InChI=1S/C23H24N4O5/c28-18(26-27-21(30)23(25-22(27)31)11-4-1-5-12-23)13-32-20(29)19-14-7-2-3-9-16(14)24-17-10-6-8-15(17)19/h2-3,7,9H,1,4-6,8,10-13H2,(H,25,31)(H,26,28). The van der Waals surface area contributed by atoms with Crippen molar-refractivity contribution in [3.05, 3.63) is 41.1 Å². The van der Waals surface area contributed by atoms with E-state index < -0.39 is 36.0 Å². The van der Waals surface area contributed by atoms with Crippen LogP contribution < -0.4 is 10.7 Å². The third-order valence-corrected chi connectivity index (χ3v) is 6.56. The van der Waals surface area contributed by atoms with Gasteiger partial charge in [-0.15, -0.1) is 0 Å². The predicted octanol–water partition coefficient (Wildman–Crippen LogP) is 2.17. The van der Waals surface area contributed by atoms with Crippen LogP contribution >= 0.6 is 0 Å². The summed E-state index contributed by atoms with van der Waals surface area (Å²) in [4.78, 5) is 55.1. The van der Waals surface area contributed by atoms with Crippen molar-refractivity contribution in [2.24, 2.45) is 0 Å². The molecule has 1 saturated heterocycles. The summed E-state index contributed by atoms with van der Waals surface area (Å²) >= 11 is 0. The summed E-state index contributed by atoms with van der Waals surface area (Å²) in [6.07, 6.45) is 6.25. The Hall–Kier alpha value is -3.49. The Kier molecular flexibility index (Phi) is 5.03. The molecule has 1 aliphatic heterocycles. The van der Waals surface area contributed by atoms with E-state index in [-0.39, 0.29) is 0 Å². The van der Waals surface area contributed by atoms with Gasteiger partial charge in [0.15, 0.2) is 6.61 Å². The van der Waals surface area contributed by atoms with Crippen LogP contribution in [0.15, 0.2) is 24.3 Å². The van der Waals surface area contributed by atoms with Crippen LogP contribution in [0.1, 0.15) is 60.1 Å². The molecular formula is C23H24N4O5. The summed E-state index contributed by atoms with van der Waals surface area (Å²) < 4.78 is 5.29. The summed E-state index contributed by atoms with van der Waals surface area (Å²) in [6, 6.07) is 6.68. The van der Waals surface area contributed by atoms with E-state index in [0.717, 1.165) is 49.8 Å². The number of fused-ring (bicyclic) bond motifs is 2. The summed E-state index contributed by atoms with van der Waals surface area (Å²) in [5.74, 6) is -1.82. The number of hydrogen-bond acceptors (Lipinski definition) is 6. The topological polar surface area (TPSA) is 118 Å². The van der Waals surface area contributed by atoms with E-state index in [1.807, 2.05) is 24.3 Å². The second kappa shape index (κ2) is 7.89. The van der Waals surface area contributed by atoms with E-state index in [2.05, 4.69) is 15.7 Å². The number of nitrogens with one attached hydrogen (secondary N) is 2. The van der Waals surface area contributed by atoms with Gasteiger partial charge >= 0.3 is 12.0 Å². The Morgan fingerprint density at radius 2 is 1.88 bits per heavy atom. The number of rotatable bonds is 4. The van der Waals surface area contributed by atoms with Gasteiger partial charge in [-0.3, -0.25) is 20.0 Å². The molecule has 5 rings (SSSR count). The summed E-state index contributed by atoms with van der Waals surface area (Å²) in [5.41, 5.74) is 4.25. The maximum atomic E-state index is 12.9. The minimum Gasteiger partial charge on any atom is -0.452 e. The second-order valence-corrected chi connectivity index (χ2v) is 8.61. The Morgan fingerprint density at radius 1 is 1.09 bits per heavy atom. The third-order valence-electron chi connectivity index (χ3n) is 6.56. The summed E-state index contributed by atoms with van der Waals surface area (Å²) in [5, 5.41) is 4.12. The Bertz CT molecular complexity index is 1140. The van der Waals surface area contributed by atoms with Crippen LogP contribution in [0.4, 0.5) is 4.79 Å². The van der Waals surface area contributed by atoms with E-state index in [1.54, 1.807) is 0 Å². The zero-order chi connectivity index (χ0) is 22.3. The zero-order valence-corrected chi connectivity index (χ0v) is 17.6. The molecule has 4 amide bonds. The van der Waals surface area contributed by atoms with Crippen molar-refractivity contribution in [1.82, 2.24) is 20.7 Å². The normalized spacial score (nSPS) is 19.2. The quantitative estimate of drug-likeness (QED) is 0.560. The van der Waals surface area contributed by atoms with Gasteiger partial charge in [0.25, 0.3) is 11.8 Å². The van der Waals surface area contributed by atoms with Crippen LogP contribution in [0, 0.1) is 0 Å². The van der Waals surface area contributed by atoms with Gasteiger partial charge in [0.2, 0.25) is 0 Å². The number of carbonyl (C=O) groups excluding carboxylic acids is 4. The van der Waals surface area contributed by atoms with Crippen molar-refractivity contribution >= 4 is 34.7 Å². The van der Waals surface area contributed by atoms with Crippen LogP contribution in [0.2, 0.25) is 0 Å². The van der Waals surface area contributed by atoms with Gasteiger partial charge in [0, 0.05) is 11.1 Å². The van der Waals surface area contributed by atoms with E-state index in [1.165, 1.54) is 0 Å². The van der Waals surface area contributed by atoms with Gasteiger partial charge in [-0.2, -0.15) is 5.01 Å². The number of ether oxygens (including phenoxy) is 1. The molecule has 2 fully saturated rings. The lowest BCUT2D eigenvalue weighted by Crippen LogP contribution is -2.51. The van der Waals surface area contributed by atoms with Crippen LogP contribution in [0.25, 0.3) is 10.9 Å². The highest BCUT2D eigenvalue weighted by atomic mass is 16.5. The lowest BCUT2D eigenvalue weighted by Gasteiger charge is -2.30. The molecule has 0 unspecified atom stereocenters. The fourth-order valence-corrected chi connectivity index (χ4v) is 5.02. The lowest BCUT2D eigenvalue weighted by atomic mass is 9.82. The molecule has 1 aromatic heterocycles. The van der Waals surface area contributed by atoms with E-state index in [9.17, 15) is 19.2 Å². The number of nitrogens with zero attached hydrogens (tertiary/aromatic N) is 2. The molecule has 9 heteroatoms. The highest BCUT2D eigenvalue weighted by Gasteiger charge is 2.52. The number of imide groups is 1. The first-order valence-corrected chi connectivity index (χ1v) is 11.0. The number of esters is 1. The number of hydrazine groups is 1. The molecule has 166 valence electrons. The molecular weight excluding hydrogens is 412 g/mol. The van der Waals surface area contributed by atoms with Crippen molar-refractivity contribution in [2.45, 2.75) is 56.9 Å². The van der Waals surface area contributed by atoms with Gasteiger partial charge < -0.3 is 10.1 Å². The van der Waals surface area contributed by atoms with E-state index in [0.29, 0.717) is 34.3 Å². The minimum atomic E-state index is -0.935. The number of urea groups is 1. The monoisotopic (exact) mass is 436 g/mol. The molecule has 1 saturated carbocycles. The van der Waals surface area contributed by atoms with Crippen molar-refractivity contribution in [1.29, 1.82) is 0 Å². The number of pyridine rings is 1. The number of amides is 4. The molecule has 1 aromatic carbocycles. The van der Waals surface area contributed by atoms with Gasteiger partial charge in [0.1, 0.15) is 5.54 Å². The van der Waals surface area contributed by atoms with E-state index >= 15 is 0 Å². The Labute approximate surface area is 184 Å². The first-order valence-electron chi connectivity index (χ1n) is 11.0. The summed E-state index contributed by atoms with van der Waals surface area (Å²) in [6.45, 7) is -0.603. The lowest BCUT2D eigenvalue weighted by molar-refractivity contribution is -0.140. The van der Waals surface area contributed by atoms with Crippen molar-refractivity contribution < 1.29 is 23.9 Å². The second-order valence-electron chi connectivity index (χ2n) is 8.61. The van der Waals surface area contributed by atoms with Crippen molar-refractivity contribution in [3.8, 4) is 0 Å². The molecule has 1 spiro atoms. The average Bonchev–Trinajstić information content (AvgIpc) is 3.34. The van der Waals surface area contributed by atoms with Crippen LogP contribution in [0.5, 0.6) is 0 Å². The number of para-hydroxylation sites is 1. The number of aromatic nitrogens is 1. The molecule has 2 aromatic rings. The minimum absolute atomic E-state index is 0.437. The highest BCUT2D eigenvalue weighted by molar-refractivity contribution is 6.08. The zero-order valence-electron chi connectivity index (χ0n) is 17.6. The van der Waals surface area contributed by atoms with Crippen molar-refractivity contribution in [3.63, 3.8) is 0 Å². The molecule has 0 radical (unpaired) electrons. The van der Waals surface area contributed by atoms with Gasteiger partial charge in [0.05, 0.1) is 11.1 Å². The fourth-order valence-electron chi connectivity index (χ4n) is 5.02. The molecule has 2 aliphatic carbocycles. The molecule has 0 atom stereocenters. The fraction of sp³-hybridized carbons (Fsp3) is 0.435. The summed E-state index contributed by atoms with van der Waals surface area (Å²) in [7, 11) is 0. The molecule has 32 heavy (non-hydrogen) atoms. The third kappa shape index (κ3) is 3.37. The number of benzene rings is 1. The smallest absolute Gasteiger partial charge is 0.344 e. The highest BCUT2D eigenvalue weighted by Crippen LogP contribution is 2.33. The molecule has 2 N–H and O–H groups in total. The van der Waals surface area contributed by atoms with Gasteiger partial charge in [-0.25, -0.2) is 9.59 Å². The molecule has 2 heterocycles. The number of aryl methyl sites for hydroxylation is 1. The molecule has 0 bridgehead atoms. The van der Waals surface area contributed by atoms with E-state index in [4.69, 9.17) is 4.74 Å². The maximum Gasteiger partial charge on any atom is 0.344 e. The Balaban J connectivity index is 1.28. The van der Waals surface area contributed by atoms with Crippen LogP contribution in [-0.2, 0) is 27.2 Å². The molecule has 3 aliphatic rings.